The fraction of sp³-hybridized carbons (Fsp3) is 0.250. The second-order valence-corrected chi connectivity index (χ2v) is 5.24. The van der Waals surface area contributed by atoms with Gasteiger partial charge in [0.2, 0.25) is 5.91 Å². The van der Waals surface area contributed by atoms with Gasteiger partial charge in [-0.15, -0.1) is 10.2 Å². The van der Waals surface area contributed by atoms with Gasteiger partial charge in [0.25, 0.3) is 0 Å². The number of nitrogens with two attached hydrogens (primary N) is 1. The number of thioether (sulfide) groups is 1. The molecule has 6 heteroatoms. The van der Waals surface area contributed by atoms with E-state index in [0.29, 0.717) is 5.16 Å². The van der Waals surface area contributed by atoms with Crippen LogP contribution < -0.4 is 5.73 Å². The van der Waals surface area contributed by atoms with Crippen LogP contribution in [-0.2, 0) is 4.79 Å². The number of amides is 1. The van der Waals surface area contributed by atoms with Crippen molar-refractivity contribution in [2.24, 2.45) is 5.73 Å². The molecule has 94 valence electrons. The van der Waals surface area contributed by atoms with Crippen LogP contribution in [0.4, 0.5) is 0 Å². The number of carbonyl (C=O) groups is 1. The fourth-order valence-electron chi connectivity index (χ4n) is 1.52. The molecule has 1 amide bonds. The van der Waals surface area contributed by atoms with Gasteiger partial charge in [0.1, 0.15) is 6.33 Å². The van der Waals surface area contributed by atoms with E-state index in [-0.39, 0.29) is 11.2 Å². The maximum atomic E-state index is 11.1. The molecule has 0 radical (unpaired) electrons. The molecule has 2 N–H and O–H groups in total. The summed E-state index contributed by atoms with van der Waals surface area (Å²) in [6.45, 7) is 3.77. The van der Waals surface area contributed by atoms with Crippen molar-refractivity contribution in [1.82, 2.24) is 14.8 Å². The normalized spacial score (nSPS) is 12.3. The highest BCUT2D eigenvalue weighted by molar-refractivity contribution is 8.00. The van der Waals surface area contributed by atoms with Crippen molar-refractivity contribution in [2.75, 3.05) is 0 Å². The minimum Gasteiger partial charge on any atom is -0.369 e. The molecular weight excluding hydrogens is 248 g/mol. The zero-order valence-corrected chi connectivity index (χ0v) is 11.0. The Morgan fingerprint density at radius 1 is 1.44 bits per heavy atom. The summed E-state index contributed by atoms with van der Waals surface area (Å²) in [5.74, 6) is -0.362. The summed E-state index contributed by atoms with van der Waals surface area (Å²) in [7, 11) is 0. The van der Waals surface area contributed by atoms with Crippen LogP contribution in [0.5, 0.6) is 0 Å². The monoisotopic (exact) mass is 262 g/mol. The van der Waals surface area contributed by atoms with Crippen molar-refractivity contribution in [1.29, 1.82) is 0 Å². The number of primary amides is 1. The lowest BCUT2D eigenvalue weighted by Crippen LogP contribution is -2.23. The molecule has 0 aliphatic carbocycles. The number of aromatic nitrogens is 3. The molecule has 0 fully saturated rings. The van der Waals surface area contributed by atoms with Gasteiger partial charge in [0, 0.05) is 0 Å². The van der Waals surface area contributed by atoms with E-state index in [9.17, 15) is 4.79 Å². The third kappa shape index (κ3) is 2.53. The Bertz CT molecular complexity index is 567. The van der Waals surface area contributed by atoms with E-state index in [2.05, 4.69) is 10.2 Å². The third-order valence-corrected chi connectivity index (χ3v) is 3.65. The van der Waals surface area contributed by atoms with E-state index in [1.54, 1.807) is 13.3 Å². The van der Waals surface area contributed by atoms with Crippen molar-refractivity contribution < 1.29 is 4.79 Å². The van der Waals surface area contributed by atoms with Crippen molar-refractivity contribution in [3.05, 3.63) is 36.2 Å². The lowest BCUT2D eigenvalue weighted by atomic mass is 10.2. The van der Waals surface area contributed by atoms with Crippen molar-refractivity contribution in [2.45, 2.75) is 24.3 Å². The first-order chi connectivity index (χ1) is 8.59. The molecule has 5 nitrogen and oxygen atoms in total. The Labute approximate surface area is 109 Å². The van der Waals surface area contributed by atoms with Crippen LogP contribution >= 0.6 is 11.8 Å². The van der Waals surface area contributed by atoms with Crippen LogP contribution in [0.1, 0.15) is 12.5 Å². The topological polar surface area (TPSA) is 73.8 Å². The zero-order chi connectivity index (χ0) is 13.1. The predicted octanol–water partition coefficient (Wildman–Crippen LogP) is 1.54. The van der Waals surface area contributed by atoms with Gasteiger partial charge in [0.15, 0.2) is 5.16 Å². The first kappa shape index (κ1) is 12.6. The molecule has 0 spiro atoms. The number of carbonyl (C=O) groups excluding carboxylic acids is 1. The molecule has 1 atom stereocenters. The highest BCUT2D eigenvalue weighted by Gasteiger charge is 2.16. The summed E-state index contributed by atoms with van der Waals surface area (Å²) >= 11 is 1.30. The molecule has 0 saturated carbocycles. The second-order valence-electron chi connectivity index (χ2n) is 3.93. The Hall–Kier alpha value is -1.82. The Kier molecular flexibility index (Phi) is 3.66. The molecule has 0 bridgehead atoms. The third-order valence-electron chi connectivity index (χ3n) is 2.57. The molecule has 18 heavy (non-hydrogen) atoms. The van der Waals surface area contributed by atoms with E-state index < -0.39 is 0 Å². The van der Waals surface area contributed by atoms with Gasteiger partial charge < -0.3 is 5.73 Å². The van der Waals surface area contributed by atoms with Crippen LogP contribution in [-0.4, -0.2) is 25.9 Å². The van der Waals surface area contributed by atoms with Crippen LogP contribution in [0.15, 0.2) is 35.7 Å². The average molecular weight is 262 g/mol. The summed E-state index contributed by atoms with van der Waals surface area (Å²) in [6, 6.07) is 7.93. The van der Waals surface area contributed by atoms with E-state index >= 15 is 0 Å². The van der Waals surface area contributed by atoms with E-state index in [0.717, 1.165) is 11.3 Å². The molecule has 1 aromatic heterocycles. The summed E-state index contributed by atoms with van der Waals surface area (Å²) in [4.78, 5) is 11.1. The summed E-state index contributed by atoms with van der Waals surface area (Å²) in [5, 5.41) is 8.24. The van der Waals surface area contributed by atoms with Crippen LogP contribution in [0.2, 0.25) is 0 Å². The van der Waals surface area contributed by atoms with Gasteiger partial charge in [-0.25, -0.2) is 0 Å². The molecule has 2 rings (SSSR count). The predicted molar refractivity (Wildman–Crippen MR) is 70.6 cm³/mol. The number of nitrogens with zero attached hydrogens (tertiary/aromatic N) is 3. The first-order valence-corrected chi connectivity index (χ1v) is 6.39. The number of aryl methyl sites for hydroxylation is 1. The van der Waals surface area contributed by atoms with Crippen molar-refractivity contribution in [3.63, 3.8) is 0 Å². The zero-order valence-electron chi connectivity index (χ0n) is 10.2. The summed E-state index contributed by atoms with van der Waals surface area (Å²) in [5.41, 5.74) is 7.37. The molecule has 0 saturated heterocycles. The van der Waals surface area contributed by atoms with Gasteiger partial charge >= 0.3 is 0 Å². The van der Waals surface area contributed by atoms with Gasteiger partial charge in [-0.2, -0.15) is 0 Å². The number of rotatable bonds is 4. The lowest BCUT2D eigenvalue weighted by Gasteiger charge is -2.10. The van der Waals surface area contributed by atoms with Gasteiger partial charge in [0.05, 0.1) is 10.9 Å². The second kappa shape index (κ2) is 5.22. The Morgan fingerprint density at radius 3 is 2.83 bits per heavy atom. The highest BCUT2D eigenvalue weighted by atomic mass is 32.2. The van der Waals surface area contributed by atoms with Crippen LogP contribution in [0, 0.1) is 6.92 Å². The maximum absolute atomic E-state index is 11.1. The summed E-state index contributed by atoms with van der Waals surface area (Å²) in [6.07, 6.45) is 1.64. The number of hydrogen-bond donors (Lipinski definition) is 1. The van der Waals surface area contributed by atoms with Crippen LogP contribution in [0.25, 0.3) is 5.69 Å². The molecule has 0 aliphatic rings. The standard InChI is InChI=1S/C12H14N4OS/c1-8-5-3-4-6-10(8)16-7-14-15-12(16)18-9(2)11(13)17/h3-7,9H,1-2H3,(H2,13,17)/t9-/m1/s1. The Balaban J connectivity index is 2.34. The largest absolute Gasteiger partial charge is 0.369 e. The fourth-order valence-corrected chi connectivity index (χ4v) is 2.31. The quantitative estimate of drug-likeness (QED) is 0.848. The molecule has 0 unspecified atom stereocenters. The molecule has 0 aliphatic heterocycles. The SMILES string of the molecule is Cc1ccccc1-n1cnnc1S[C@H](C)C(N)=O. The smallest absolute Gasteiger partial charge is 0.230 e. The number of benzene rings is 1. The van der Waals surface area contributed by atoms with Gasteiger partial charge in [-0.05, 0) is 25.5 Å². The van der Waals surface area contributed by atoms with Crippen LogP contribution in [0.3, 0.4) is 0 Å². The van der Waals surface area contributed by atoms with Crippen molar-refractivity contribution >= 4 is 17.7 Å². The lowest BCUT2D eigenvalue weighted by molar-refractivity contribution is -0.117. The number of para-hydroxylation sites is 1. The average Bonchev–Trinajstić information content (AvgIpc) is 2.77. The van der Waals surface area contributed by atoms with E-state index in [1.165, 1.54) is 11.8 Å². The van der Waals surface area contributed by atoms with Gasteiger partial charge in [-0.1, -0.05) is 30.0 Å². The summed E-state index contributed by atoms with van der Waals surface area (Å²) < 4.78 is 1.86. The molecular formula is C12H14N4OS. The maximum Gasteiger partial charge on any atom is 0.230 e. The Morgan fingerprint density at radius 2 is 2.17 bits per heavy atom. The molecule has 1 aromatic carbocycles. The molecule has 1 heterocycles. The highest BCUT2D eigenvalue weighted by Crippen LogP contribution is 2.24. The van der Waals surface area contributed by atoms with Gasteiger partial charge in [-0.3, -0.25) is 9.36 Å². The first-order valence-electron chi connectivity index (χ1n) is 5.51. The van der Waals surface area contributed by atoms with E-state index in [4.69, 9.17) is 5.73 Å². The minimum absolute atomic E-state index is 0.336. The number of hydrogen-bond acceptors (Lipinski definition) is 4. The molecule has 2 aromatic rings. The van der Waals surface area contributed by atoms with Crippen molar-refractivity contribution in [3.8, 4) is 5.69 Å². The minimum atomic E-state index is -0.362. The van der Waals surface area contributed by atoms with E-state index in [1.807, 2.05) is 35.8 Å².